The first-order chi connectivity index (χ1) is 9.11. The minimum absolute atomic E-state index is 0.399. The smallest absolute Gasteiger partial charge is 0.123 e. The van der Waals surface area contributed by atoms with E-state index < -0.39 is 0 Å². The summed E-state index contributed by atoms with van der Waals surface area (Å²) in [5, 5.41) is 0. The number of nitrogens with two attached hydrogens (primary N) is 1. The highest BCUT2D eigenvalue weighted by molar-refractivity contribution is 5.39. The second-order valence-electron chi connectivity index (χ2n) is 5.06. The van der Waals surface area contributed by atoms with Gasteiger partial charge >= 0.3 is 0 Å². The number of aryl methyl sites for hydroxylation is 1. The number of furan rings is 1. The molecule has 2 rings (SSSR count). The maximum absolute atomic E-state index is 5.95. The molecule has 1 aromatic carbocycles. The van der Waals surface area contributed by atoms with Gasteiger partial charge in [0.15, 0.2) is 0 Å². The standard InChI is InChI=1S/C16H21NO2/c1-11(2)14-5-4-12(3)8-15(14)19-10-13-6-7-18-16(13)9-17/h4-8,11H,9-10,17H2,1-3H3. The molecule has 0 bridgehead atoms. The average Bonchev–Trinajstić information content (AvgIpc) is 2.83. The van der Waals surface area contributed by atoms with Gasteiger partial charge in [-0.3, -0.25) is 0 Å². The Kier molecular flexibility index (Phi) is 4.27. The summed E-state index contributed by atoms with van der Waals surface area (Å²) < 4.78 is 11.2. The van der Waals surface area contributed by atoms with E-state index in [9.17, 15) is 0 Å². The molecule has 0 amide bonds. The third-order valence-corrected chi connectivity index (χ3v) is 3.20. The maximum Gasteiger partial charge on any atom is 0.123 e. The van der Waals surface area contributed by atoms with E-state index in [2.05, 4.69) is 39.0 Å². The minimum atomic E-state index is 0.399. The van der Waals surface area contributed by atoms with Crippen molar-refractivity contribution in [3.8, 4) is 5.75 Å². The van der Waals surface area contributed by atoms with Crippen molar-refractivity contribution < 1.29 is 9.15 Å². The second kappa shape index (κ2) is 5.93. The molecule has 0 atom stereocenters. The Morgan fingerprint density at radius 1 is 1.26 bits per heavy atom. The first-order valence-corrected chi connectivity index (χ1v) is 6.60. The van der Waals surface area contributed by atoms with E-state index in [0.717, 1.165) is 17.1 Å². The van der Waals surface area contributed by atoms with E-state index in [1.54, 1.807) is 6.26 Å². The first kappa shape index (κ1) is 13.7. The second-order valence-corrected chi connectivity index (χ2v) is 5.06. The van der Waals surface area contributed by atoms with Crippen molar-refractivity contribution in [3.63, 3.8) is 0 Å². The van der Waals surface area contributed by atoms with E-state index in [4.69, 9.17) is 14.9 Å². The van der Waals surface area contributed by atoms with Crippen LogP contribution in [0, 0.1) is 6.92 Å². The molecule has 0 aliphatic carbocycles. The van der Waals surface area contributed by atoms with Crippen molar-refractivity contribution in [3.05, 3.63) is 53.0 Å². The summed E-state index contributed by atoms with van der Waals surface area (Å²) in [6.07, 6.45) is 1.65. The quantitative estimate of drug-likeness (QED) is 0.889. The number of hydrogen-bond acceptors (Lipinski definition) is 3. The number of hydrogen-bond donors (Lipinski definition) is 1. The molecule has 0 saturated heterocycles. The van der Waals surface area contributed by atoms with Crippen LogP contribution in [0.4, 0.5) is 0 Å². The Morgan fingerprint density at radius 3 is 2.74 bits per heavy atom. The highest BCUT2D eigenvalue weighted by Crippen LogP contribution is 2.28. The first-order valence-electron chi connectivity index (χ1n) is 6.60. The highest BCUT2D eigenvalue weighted by Gasteiger charge is 2.10. The van der Waals surface area contributed by atoms with Gasteiger partial charge in [-0.05, 0) is 36.1 Å². The molecule has 1 heterocycles. The van der Waals surface area contributed by atoms with Crippen molar-refractivity contribution in [2.45, 2.75) is 39.8 Å². The van der Waals surface area contributed by atoms with Crippen molar-refractivity contribution in [1.29, 1.82) is 0 Å². The summed E-state index contributed by atoms with van der Waals surface area (Å²) in [7, 11) is 0. The van der Waals surface area contributed by atoms with Crippen LogP contribution in [0.15, 0.2) is 34.9 Å². The molecule has 3 nitrogen and oxygen atoms in total. The predicted molar refractivity (Wildman–Crippen MR) is 76.2 cm³/mol. The summed E-state index contributed by atoms with van der Waals surface area (Å²) in [5.74, 6) is 2.17. The van der Waals surface area contributed by atoms with Gasteiger partial charge in [-0.15, -0.1) is 0 Å². The van der Waals surface area contributed by atoms with Crippen LogP contribution < -0.4 is 10.5 Å². The monoisotopic (exact) mass is 259 g/mol. The third-order valence-electron chi connectivity index (χ3n) is 3.20. The molecule has 0 aliphatic heterocycles. The lowest BCUT2D eigenvalue weighted by molar-refractivity contribution is 0.297. The number of rotatable bonds is 5. The van der Waals surface area contributed by atoms with Crippen LogP contribution in [-0.2, 0) is 13.2 Å². The molecule has 0 radical (unpaired) electrons. The van der Waals surface area contributed by atoms with Gasteiger partial charge in [0.05, 0.1) is 12.8 Å². The molecule has 0 aliphatic rings. The lowest BCUT2D eigenvalue weighted by Gasteiger charge is -2.14. The Hall–Kier alpha value is -1.74. The zero-order valence-electron chi connectivity index (χ0n) is 11.8. The average molecular weight is 259 g/mol. The molecule has 19 heavy (non-hydrogen) atoms. The largest absolute Gasteiger partial charge is 0.488 e. The molecule has 2 N–H and O–H groups in total. The summed E-state index contributed by atoms with van der Waals surface area (Å²) >= 11 is 0. The van der Waals surface area contributed by atoms with Crippen LogP contribution in [0.2, 0.25) is 0 Å². The van der Waals surface area contributed by atoms with Gasteiger partial charge in [-0.1, -0.05) is 26.0 Å². The molecular formula is C16H21NO2. The van der Waals surface area contributed by atoms with Gasteiger partial charge in [0.1, 0.15) is 18.1 Å². The number of benzene rings is 1. The van der Waals surface area contributed by atoms with Crippen LogP contribution in [0.3, 0.4) is 0 Å². The minimum Gasteiger partial charge on any atom is -0.488 e. The summed E-state index contributed by atoms with van der Waals surface area (Å²) in [6.45, 7) is 7.30. The SMILES string of the molecule is Cc1ccc(C(C)C)c(OCc2ccoc2CN)c1. The van der Waals surface area contributed by atoms with E-state index in [1.165, 1.54) is 11.1 Å². The topological polar surface area (TPSA) is 48.4 Å². The van der Waals surface area contributed by atoms with Crippen LogP contribution in [0.1, 0.15) is 42.2 Å². The highest BCUT2D eigenvalue weighted by atomic mass is 16.5. The molecule has 1 aromatic heterocycles. The van der Waals surface area contributed by atoms with Gasteiger partial charge in [0, 0.05) is 5.56 Å². The molecule has 0 unspecified atom stereocenters. The fourth-order valence-electron chi connectivity index (χ4n) is 2.07. The van der Waals surface area contributed by atoms with Gasteiger partial charge in [-0.25, -0.2) is 0 Å². The fourth-order valence-corrected chi connectivity index (χ4v) is 2.07. The summed E-state index contributed by atoms with van der Waals surface area (Å²) in [6, 6.07) is 8.24. The van der Waals surface area contributed by atoms with Crippen LogP contribution in [0.25, 0.3) is 0 Å². The van der Waals surface area contributed by atoms with E-state index in [0.29, 0.717) is 19.1 Å². The van der Waals surface area contributed by atoms with Gasteiger partial charge < -0.3 is 14.9 Å². The predicted octanol–water partition coefficient (Wildman–Crippen LogP) is 3.75. The van der Waals surface area contributed by atoms with Crippen molar-refractivity contribution in [2.24, 2.45) is 5.73 Å². The van der Waals surface area contributed by atoms with Gasteiger partial charge in [0.2, 0.25) is 0 Å². The Bertz CT molecular complexity index is 543. The fraction of sp³-hybridized carbons (Fsp3) is 0.375. The Balaban J connectivity index is 2.17. The van der Waals surface area contributed by atoms with E-state index in [-0.39, 0.29) is 0 Å². The molecule has 0 spiro atoms. The lowest BCUT2D eigenvalue weighted by atomic mass is 10.0. The van der Waals surface area contributed by atoms with Gasteiger partial charge in [0.25, 0.3) is 0 Å². The Morgan fingerprint density at radius 2 is 2.05 bits per heavy atom. The third kappa shape index (κ3) is 3.18. The van der Waals surface area contributed by atoms with Crippen molar-refractivity contribution in [2.75, 3.05) is 0 Å². The molecule has 0 fully saturated rings. The van der Waals surface area contributed by atoms with Crippen LogP contribution in [0.5, 0.6) is 5.75 Å². The summed E-state index contributed by atoms with van der Waals surface area (Å²) in [5.41, 5.74) is 9.05. The zero-order valence-corrected chi connectivity index (χ0v) is 11.8. The normalized spacial score (nSPS) is 11.0. The molecular weight excluding hydrogens is 238 g/mol. The van der Waals surface area contributed by atoms with E-state index in [1.807, 2.05) is 6.07 Å². The molecule has 3 heteroatoms. The summed E-state index contributed by atoms with van der Waals surface area (Å²) in [4.78, 5) is 0. The zero-order chi connectivity index (χ0) is 13.8. The van der Waals surface area contributed by atoms with Crippen molar-refractivity contribution >= 4 is 0 Å². The lowest BCUT2D eigenvalue weighted by Crippen LogP contribution is -2.04. The molecule has 102 valence electrons. The molecule has 2 aromatic rings. The van der Waals surface area contributed by atoms with E-state index >= 15 is 0 Å². The van der Waals surface area contributed by atoms with Gasteiger partial charge in [-0.2, -0.15) is 0 Å². The number of ether oxygens (including phenoxy) is 1. The van der Waals surface area contributed by atoms with Crippen molar-refractivity contribution in [1.82, 2.24) is 0 Å². The Labute approximate surface area is 114 Å². The molecule has 0 saturated carbocycles. The van der Waals surface area contributed by atoms with Crippen LogP contribution >= 0.6 is 0 Å². The van der Waals surface area contributed by atoms with Crippen LogP contribution in [-0.4, -0.2) is 0 Å². The maximum atomic E-state index is 5.95.